The van der Waals surface area contributed by atoms with Crippen LogP contribution in [-0.4, -0.2) is 4.98 Å². The maximum absolute atomic E-state index is 5.85. The van der Waals surface area contributed by atoms with Gasteiger partial charge in [-0.2, -0.15) is 4.98 Å². The maximum Gasteiger partial charge on any atom is 0.280 e. The molecule has 1 heterocycles. The lowest BCUT2D eigenvalue weighted by Crippen LogP contribution is -1.81. The molecule has 0 spiro atoms. The molecule has 0 aliphatic heterocycles. The molecule has 0 saturated carbocycles. The summed E-state index contributed by atoms with van der Waals surface area (Å²) in [6, 6.07) is 7.07. The molecular weight excluding hydrogens is 289 g/mol. The zero-order chi connectivity index (χ0) is 11.5. The minimum atomic E-state index is 0.329. The molecule has 0 atom stereocenters. The van der Waals surface area contributed by atoms with Crippen molar-refractivity contribution in [2.24, 2.45) is 0 Å². The molecule has 0 unspecified atom stereocenters. The van der Waals surface area contributed by atoms with Crippen molar-refractivity contribution in [3.8, 4) is 10.9 Å². The van der Waals surface area contributed by atoms with Gasteiger partial charge in [0.2, 0.25) is 0 Å². The lowest BCUT2D eigenvalue weighted by atomic mass is 10.3. The molecule has 0 N–H and O–H groups in total. The van der Waals surface area contributed by atoms with Gasteiger partial charge in [0.25, 0.3) is 5.19 Å². The summed E-state index contributed by atoms with van der Waals surface area (Å²) in [5, 5.41) is 1.46. The van der Waals surface area contributed by atoms with E-state index in [-0.39, 0.29) is 0 Å². The first kappa shape index (κ1) is 12.0. The van der Waals surface area contributed by atoms with E-state index in [2.05, 4.69) is 4.98 Å². The second-order valence-corrected chi connectivity index (χ2v) is 4.99. The highest BCUT2D eigenvalue weighted by Crippen LogP contribution is 2.33. The van der Waals surface area contributed by atoms with Crippen LogP contribution in [0.25, 0.3) is 0 Å². The molecule has 84 valence electrons. The van der Waals surface area contributed by atoms with Crippen molar-refractivity contribution in [1.82, 2.24) is 4.98 Å². The normalized spacial score (nSPS) is 10.4. The summed E-state index contributed by atoms with van der Waals surface area (Å²) in [6.07, 6.45) is 0. The van der Waals surface area contributed by atoms with Crippen LogP contribution in [-0.2, 0) is 5.88 Å². The summed E-state index contributed by atoms with van der Waals surface area (Å²) in [4.78, 5) is 4.83. The number of alkyl halides is 1. The Hall–Kier alpha value is -0.480. The van der Waals surface area contributed by atoms with Crippen molar-refractivity contribution in [2.75, 3.05) is 0 Å². The van der Waals surface area contributed by atoms with Crippen LogP contribution in [0.1, 0.15) is 4.88 Å². The van der Waals surface area contributed by atoms with Gasteiger partial charge in [-0.1, -0.05) is 40.6 Å². The molecule has 0 amide bonds. The van der Waals surface area contributed by atoms with E-state index in [4.69, 9.17) is 39.5 Å². The highest BCUT2D eigenvalue weighted by atomic mass is 35.5. The minimum absolute atomic E-state index is 0.329. The number of aromatic nitrogens is 1. The zero-order valence-electron chi connectivity index (χ0n) is 7.91. The van der Waals surface area contributed by atoms with Crippen molar-refractivity contribution in [3.05, 3.63) is 39.3 Å². The van der Waals surface area contributed by atoms with Gasteiger partial charge < -0.3 is 4.74 Å². The quantitative estimate of drug-likeness (QED) is 0.745. The zero-order valence-corrected chi connectivity index (χ0v) is 11.0. The second-order valence-electron chi connectivity index (χ2n) is 2.89. The molecular formula is C10H6Cl3NOS. The van der Waals surface area contributed by atoms with Gasteiger partial charge in [0.05, 0.1) is 10.8 Å². The molecule has 0 fully saturated rings. The van der Waals surface area contributed by atoms with E-state index >= 15 is 0 Å². The van der Waals surface area contributed by atoms with Crippen molar-refractivity contribution < 1.29 is 4.74 Å². The number of halogens is 3. The number of hydrogen-bond acceptors (Lipinski definition) is 3. The number of benzene rings is 1. The third kappa shape index (κ3) is 2.80. The molecule has 16 heavy (non-hydrogen) atoms. The number of hydrogen-bond donors (Lipinski definition) is 0. The third-order valence-corrected chi connectivity index (χ3v) is 3.77. The Morgan fingerprint density at radius 3 is 2.75 bits per heavy atom. The van der Waals surface area contributed by atoms with Crippen LogP contribution in [0.5, 0.6) is 10.9 Å². The van der Waals surface area contributed by atoms with Crippen LogP contribution in [0.15, 0.2) is 24.3 Å². The molecule has 2 nitrogen and oxygen atoms in total. The highest BCUT2D eigenvalue weighted by molar-refractivity contribution is 7.14. The Morgan fingerprint density at radius 2 is 2.12 bits per heavy atom. The van der Waals surface area contributed by atoms with Crippen molar-refractivity contribution >= 4 is 46.1 Å². The number of ether oxygens (including phenoxy) is 1. The Balaban J connectivity index is 2.20. The minimum Gasteiger partial charge on any atom is -0.431 e. The van der Waals surface area contributed by atoms with Crippen molar-refractivity contribution in [3.63, 3.8) is 0 Å². The van der Waals surface area contributed by atoms with Gasteiger partial charge >= 0.3 is 0 Å². The van der Waals surface area contributed by atoms with E-state index in [9.17, 15) is 0 Å². The Morgan fingerprint density at radius 1 is 1.31 bits per heavy atom. The summed E-state index contributed by atoms with van der Waals surface area (Å²) < 4.78 is 5.50. The fraction of sp³-hybridized carbons (Fsp3) is 0.100. The van der Waals surface area contributed by atoms with Crippen molar-refractivity contribution in [2.45, 2.75) is 5.88 Å². The number of rotatable bonds is 3. The molecule has 2 aromatic rings. The predicted molar refractivity (Wildman–Crippen MR) is 68.2 cm³/mol. The Kier molecular flexibility index (Phi) is 3.92. The first-order valence-corrected chi connectivity index (χ1v) is 6.44. The fourth-order valence-corrected chi connectivity index (χ4v) is 2.59. The summed E-state index contributed by atoms with van der Waals surface area (Å²) >= 11 is 18.7. The molecule has 0 aliphatic rings. The van der Waals surface area contributed by atoms with Gasteiger partial charge in [0, 0.05) is 5.02 Å². The van der Waals surface area contributed by atoms with Crippen molar-refractivity contribution in [1.29, 1.82) is 0 Å². The SMILES string of the molecule is ClCc1sc(Oc2cccc(Cl)c2)nc1Cl. The van der Waals surface area contributed by atoms with E-state index in [0.29, 0.717) is 27.0 Å². The Labute approximate surface area is 112 Å². The van der Waals surface area contributed by atoms with Gasteiger partial charge in [-0.3, -0.25) is 0 Å². The molecule has 6 heteroatoms. The van der Waals surface area contributed by atoms with Crippen LogP contribution >= 0.6 is 46.1 Å². The number of nitrogens with zero attached hydrogens (tertiary/aromatic N) is 1. The lowest BCUT2D eigenvalue weighted by Gasteiger charge is -2.00. The standard InChI is InChI=1S/C10H6Cl3NOS/c11-5-8-9(13)14-10(16-8)15-7-3-1-2-6(12)4-7/h1-4H,5H2. The van der Waals surface area contributed by atoms with Gasteiger partial charge in [-0.25, -0.2) is 0 Å². The Bertz CT molecular complexity index is 501. The molecule has 0 aliphatic carbocycles. The molecule has 1 aromatic carbocycles. The third-order valence-electron chi connectivity index (χ3n) is 1.75. The summed E-state index contributed by atoms with van der Waals surface area (Å²) in [7, 11) is 0. The molecule has 0 radical (unpaired) electrons. The first-order valence-electron chi connectivity index (χ1n) is 4.33. The highest BCUT2D eigenvalue weighted by Gasteiger charge is 2.10. The molecule has 1 aromatic heterocycles. The molecule has 0 bridgehead atoms. The monoisotopic (exact) mass is 293 g/mol. The average molecular weight is 295 g/mol. The van der Waals surface area contributed by atoms with Crippen LogP contribution in [0.4, 0.5) is 0 Å². The van der Waals surface area contributed by atoms with E-state index in [0.717, 1.165) is 4.88 Å². The smallest absolute Gasteiger partial charge is 0.280 e. The van der Waals surface area contributed by atoms with Gasteiger partial charge in [-0.05, 0) is 18.2 Å². The largest absolute Gasteiger partial charge is 0.431 e. The number of thiazole rings is 1. The van der Waals surface area contributed by atoms with Crippen LogP contribution in [0.3, 0.4) is 0 Å². The van der Waals surface area contributed by atoms with E-state index in [1.165, 1.54) is 11.3 Å². The topological polar surface area (TPSA) is 22.1 Å². The van der Waals surface area contributed by atoms with Gasteiger partial charge in [0.15, 0.2) is 0 Å². The van der Waals surface area contributed by atoms with Gasteiger partial charge in [0.1, 0.15) is 10.9 Å². The van der Waals surface area contributed by atoms with E-state index in [1.807, 2.05) is 0 Å². The fourth-order valence-electron chi connectivity index (χ4n) is 1.07. The van der Waals surface area contributed by atoms with Crippen LogP contribution in [0, 0.1) is 0 Å². The average Bonchev–Trinajstić information content (AvgIpc) is 2.58. The molecule has 0 saturated heterocycles. The first-order chi connectivity index (χ1) is 7.69. The molecule has 2 rings (SSSR count). The van der Waals surface area contributed by atoms with Crippen LogP contribution < -0.4 is 4.74 Å². The summed E-state index contributed by atoms with van der Waals surface area (Å²) in [6.45, 7) is 0. The summed E-state index contributed by atoms with van der Waals surface area (Å²) in [5.74, 6) is 0.953. The van der Waals surface area contributed by atoms with E-state index in [1.54, 1.807) is 24.3 Å². The maximum atomic E-state index is 5.85. The lowest BCUT2D eigenvalue weighted by molar-refractivity contribution is 0.479. The van der Waals surface area contributed by atoms with Crippen LogP contribution in [0.2, 0.25) is 10.2 Å². The second kappa shape index (κ2) is 5.23. The van der Waals surface area contributed by atoms with E-state index < -0.39 is 0 Å². The predicted octanol–water partition coefficient (Wildman–Crippen LogP) is 4.98. The van der Waals surface area contributed by atoms with Gasteiger partial charge in [-0.15, -0.1) is 11.6 Å². The summed E-state index contributed by atoms with van der Waals surface area (Å²) in [5.41, 5.74) is 0.